The van der Waals surface area contributed by atoms with Gasteiger partial charge in [-0.3, -0.25) is 0 Å². The molecule has 0 bridgehead atoms. The summed E-state index contributed by atoms with van der Waals surface area (Å²) in [5.74, 6) is 0.935. The quantitative estimate of drug-likeness (QED) is 0.681. The molecule has 2 aliphatic rings. The van der Waals surface area contributed by atoms with Crippen molar-refractivity contribution in [1.82, 2.24) is 0 Å². The van der Waals surface area contributed by atoms with E-state index in [1.165, 1.54) is 25.7 Å². The second-order valence-corrected chi connectivity index (χ2v) is 4.96. The Bertz CT molecular complexity index is 167. The lowest BCUT2D eigenvalue weighted by Gasteiger charge is -2.44. The summed E-state index contributed by atoms with van der Waals surface area (Å²) in [7, 11) is 0. The van der Waals surface area contributed by atoms with Crippen molar-refractivity contribution in [3.63, 3.8) is 0 Å². The maximum absolute atomic E-state index is 10.0. The first-order valence-corrected chi connectivity index (χ1v) is 5.65. The Balaban J connectivity index is 1.76. The van der Waals surface area contributed by atoms with E-state index in [0.29, 0.717) is 6.54 Å². The fourth-order valence-electron chi connectivity index (χ4n) is 2.41. The molecule has 0 aromatic carbocycles. The second-order valence-electron chi connectivity index (χ2n) is 4.96. The highest BCUT2D eigenvalue weighted by molar-refractivity contribution is 4.94. The van der Waals surface area contributed by atoms with Gasteiger partial charge in [-0.15, -0.1) is 0 Å². The molecule has 1 unspecified atom stereocenters. The lowest BCUT2D eigenvalue weighted by molar-refractivity contribution is -0.0337. The van der Waals surface area contributed by atoms with Gasteiger partial charge < -0.3 is 10.8 Å². The van der Waals surface area contributed by atoms with Gasteiger partial charge in [-0.2, -0.15) is 0 Å². The highest BCUT2D eigenvalue weighted by Crippen LogP contribution is 2.45. The van der Waals surface area contributed by atoms with Crippen molar-refractivity contribution in [2.75, 3.05) is 6.54 Å². The molecule has 76 valence electrons. The fraction of sp³-hybridized carbons (Fsp3) is 1.00. The van der Waals surface area contributed by atoms with Crippen LogP contribution in [0.5, 0.6) is 0 Å². The molecule has 2 heteroatoms. The average Bonchev–Trinajstić information content (AvgIpc) is 2.82. The molecule has 0 amide bonds. The van der Waals surface area contributed by atoms with Gasteiger partial charge in [-0.1, -0.05) is 19.3 Å². The molecular formula is C11H21NO. The second kappa shape index (κ2) is 3.58. The first kappa shape index (κ1) is 9.47. The average molecular weight is 183 g/mol. The van der Waals surface area contributed by atoms with Crippen molar-refractivity contribution in [2.45, 2.75) is 51.0 Å². The molecule has 0 spiro atoms. The first-order valence-electron chi connectivity index (χ1n) is 5.65. The van der Waals surface area contributed by atoms with E-state index in [1.54, 1.807) is 0 Å². The van der Waals surface area contributed by atoms with Crippen LogP contribution in [0.25, 0.3) is 0 Å². The molecule has 0 radical (unpaired) electrons. The summed E-state index contributed by atoms with van der Waals surface area (Å²) in [6.45, 7) is 0.679. The van der Waals surface area contributed by atoms with Crippen LogP contribution in [-0.4, -0.2) is 17.8 Å². The Morgan fingerprint density at radius 1 is 1.38 bits per heavy atom. The Labute approximate surface area is 80.5 Å². The summed E-state index contributed by atoms with van der Waals surface area (Å²) in [5.41, 5.74) is 5.85. The molecule has 2 nitrogen and oxygen atoms in total. The highest BCUT2D eigenvalue weighted by atomic mass is 16.3. The SMILES string of the molecule is NCC1(C(O)CCC2CC2)CCC1. The predicted molar refractivity (Wildman–Crippen MR) is 53.3 cm³/mol. The smallest absolute Gasteiger partial charge is 0.0608 e. The van der Waals surface area contributed by atoms with Crippen LogP contribution in [0.2, 0.25) is 0 Å². The summed E-state index contributed by atoms with van der Waals surface area (Å²) < 4.78 is 0. The molecule has 2 fully saturated rings. The molecule has 0 aromatic heterocycles. The minimum Gasteiger partial charge on any atom is -0.393 e. The van der Waals surface area contributed by atoms with Crippen molar-refractivity contribution in [3.8, 4) is 0 Å². The van der Waals surface area contributed by atoms with Crippen LogP contribution in [-0.2, 0) is 0 Å². The van der Waals surface area contributed by atoms with Crippen molar-refractivity contribution in [1.29, 1.82) is 0 Å². The third-order valence-corrected chi connectivity index (χ3v) is 4.01. The summed E-state index contributed by atoms with van der Waals surface area (Å²) in [5, 5.41) is 10.0. The van der Waals surface area contributed by atoms with Crippen LogP contribution < -0.4 is 5.73 Å². The number of rotatable bonds is 5. The Morgan fingerprint density at radius 3 is 2.46 bits per heavy atom. The normalized spacial score (nSPS) is 28.2. The minimum atomic E-state index is -0.119. The van der Waals surface area contributed by atoms with Crippen LogP contribution >= 0.6 is 0 Å². The van der Waals surface area contributed by atoms with E-state index in [-0.39, 0.29) is 11.5 Å². The summed E-state index contributed by atoms with van der Waals surface area (Å²) in [6, 6.07) is 0. The van der Waals surface area contributed by atoms with Gasteiger partial charge in [0.1, 0.15) is 0 Å². The van der Waals surface area contributed by atoms with Crippen molar-refractivity contribution in [2.24, 2.45) is 17.1 Å². The van der Waals surface area contributed by atoms with Gasteiger partial charge in [0.25, 0.3) is 0 Å². The van der Waals surface area contributed by atoms with Crippen LogP contribution in [0.15, 0.2) is 0 Å². The summed E-state index contributed by atoms with van der Waals surface area (Å²) in [6.07, 6.45) is 8.43. The minimum absolute atomic E-state index is 0.119. The lowest BCUT2D eigenvalue weighted by atomic mass is 9.64. The lowest BCUT2D eigenvalue weighted by Crippen LogP contribution is -2.47. The standard InChI is InChI=1S/C11H21NO/c12-8-11(6-1-7-11)10(13)5-4-9-2-3-9/h9-10,13H,1-8,12H2. The zero-order chi connectivity index (χ0) is 9.31. The highest BCUT2D eigenvalue weighted by Gasteiger charge is 2.42. The Kier molecular flexibility index (Phi) is 2.61. The van der Waals surface area contributed by atoms with E-state index >= 15 is 0 Å². The summed E-state index contributed by atoms with van der Waals surface area (Å²) in [4.78, 5) is 0. The molecule has 0 saturated heterocycles. The fourth-order valence-corrected chi connectivity index (χ4v) is 2.41. The zero-order valence-corrected chi connectivity index (χ0v) is 8.34. The van der Waals surface area contributed by atoms with Crippen LogP contribution in [0, 0.1) is 11.3 Å². The van der Waals surface area contributed by atoms with Gasteiger partial charge in [-0.25, -0.2) is 0 Å². The Hall–Kier alpha value is -0.0800. The topological polar surface area (TPSA) is 46.2 Å². The molecule has 2 rings (SSSR count). The van der Waals surface area contributed by atoms with E-state index in [1.807, 2.05) is 0 Å². The largest absolute Gasteiger partial charge is 0.393 e. The molecule has 1 atom stereocenters. The van der Waals surface area contributed by atoms with Gasteiger partial charge in [-0.05, 0) is 31.6 Å². The maximum atomic E-state index is 10.0. The Morgan fingerprint density at radius 2 is 2.08 bits per heavy atom. The van der Waals surface area contributed by atoms with Crippen LogP contribution in [0.1, 0.15) is 44.9 Å². The van der Waals surface area contributed by atoms with Gasteiger partial charge in [0.15, 0.2) is 0 Å². The summed E-state index contributed by atoms with van der Waals surface area (Å²) >= 11 is 0. The van der Waals surface area contributed by atoms with Gasteiger partial charge in [0.2, 0.25) is 0 Å². The number of hydrogen-bond donors (Lipinski definition) is 2. The van der Waals surface area contributed by atoms with Crippen LogP contribution in [0.3, 0.4) is 0 Å². The van der Waals surface area contributed by atoms with Crippen molar-refractivity contribution in [3.05, 3.63) is 0 Å². The third-order valence-electron chi connectivity index (χ3n) is 4.01. The predicted octanol–water partition coefficient (Wildman–Crippen LogP) is 1.67. The van der Waals surface area contributed by atoms with Gasteiger partial charge >= 0.3 is 0 Å². The number of aliphatic hydroxyl groups excluding tert-OH is 1. The number of hydrogen-bond acceptors (Lipinski definition) is 2. The maximum Gasteiger partial charge on any atom is 0.0608 e. The third kappa shape index (κ3) is 1.89. The monoisotopic (exact) mass is 183 g/mol. The van der Waals surface area contributed by atoms with Crippen molar-refractivity contribution >= 4 is 0 Å². The zero-order valence-electron chi connectivity index (χ0n) is 8.34. The number of nitrogens with two attached hydrogens (primary N) is 1. The van der Waals surface area contributed by atoms with E-state index in [0.717, 1.165) is 25.2 Å². The molecule has 0 aliphatic heterocycles. The van der Waals surface area contributed by atoms with E-state index in [9.17, 15) is 5.11 Å². The van der Waals surface area contributed by atoms with E-state index < -0.39 is 0 Å². The van der Waals surface area contributed by atoms with Gasteiger partial charge in [0.05, 0.1) is 6.10 Å². The molecule has 13 heavy (non-hydrogen) atoms. The first-order chi connectivity index (χ1) is 6.27. The van der Waals surface area contributed by atoms with Crippen molar-refractivity contribution < 1.29 is 5.11 Å². The van der Waals surface area contributed by atoms with E-state index in [2.05, 4.69) is 0 Å². The molecule has 2 saturated carbocycles. The molecule has 3 N–H and O–H groups in total. The van der Waals surface area contributed by atoms with Crippen LogP contribution in [0.4, 0.5) is 0 Å². The molecule has 0 heterocycles. The molecule has 0 aromatic rings. The van der Waals surface area contributed by atoms with Gasteiger partial charge in [0, 0.05) is 12.0 Å². The molecular weight excluding hydrogens is 162 g/mol. The number of aliphatic hydroxyl groups is 1. The molecule has 2 aliphatic carbocycles. The van der Waals surface area contributed by atoms with E-state index in [4.69, 9.17) is 5.73 Å².